The SMILES string of the molecule is COc1ccc(S(=O)(=O)N2CC(C(=O)NCCSC3CCCC3)Oc3cc(C)ccc32)cc1. The van der Waals surface area contributed by atoms with E-state index in [0.29, 0.717) is 29.0 Å². The lowest BCUT2D eigenvalue weighted by molar-refractivity contribution is -0.127. The number of carbonyl (C=O) groups is 1. The number of sulfonamides is 1. The van der Waals surface area contributed by atoms with Crippen LogP contribution in [0.25, 0.3) is 0 Å². The van der Waals surface area contributed by atoms with Crippen LogP contribution >= 0.6 is 11.8 Å². The summed E-state index contributed by atoms with van der Waals surface area (Å²) in [5.41, 5.74) is 1.35. The van der Waals surface area contributed by atoms with Crippen LogP contribution in [0.1, 0.15) is 31.2 Å². The minimum absolute atomic E-state index is 0.0912. The molecule has 2 aliphatic rings. The number of hydrogen-bond acceptors (Lipinski definition) is 6. The molecule has 178 valence electrons. The van der Waals surface area contributed by atoms with Gasteiger partial charge >= 0.3 is 0 Å². The Hall–Kier alpha value is -2.39. The lowest BCUT2D eigenvalue weighted by Gasteiger charge is -2.35. The topological polar surface area (TPSA) is 84.9 Å². The minimum atomic E-state index is -3.90. The first-order valence-electron chi connectivity index (χ1n) is 11.2. The fourth-order valence-corrected chi connectivity index (χ4v) is 6.86. The molecule has 1 heterocycles. The number of thioether (sulfide) groups is 1. The number of benzene rings is 2. The summed E-state index contributed by atoms with van der Waals surface area (Å²) in [5, 5.41) is 3.61. The van der Waals surface area contributed by atoms with Gasteiger partial charge in [0.1, 0.15) is 11.5 Å². The maximum Gasteiger partial charge on any atom is 0.264 e. The molecule has 1 N–H and O–H groups in total. The average Bonchev–Trinajstić information content (AvgIpc) is 3.34. The summed E-state index contributed by atoms with van der Waals surface area (Å²) in [7, 11) is -2.37. The van der Waals surface area contributed by atoms with Crippen LogP contribution in [0.5, 0.6) is 11.5 Å². The average molecular weight is 491 g/mol. The summed E-state index contributed by atoms with van der Waals surface area (Å²) in [4.78, 5) is 13.0. The zero-order chi connectivity index (χ0) is 23.4. The highest BCUT2D eigenvalue weighted by Crippen LogP contribution is 2.38. The zero-order valence-electron chi connectivity index (χ0n) is 19.0. The molecule has 4 rings (SSSR count). The predicted octanol–water partition coefficient (Wildman–Crippen LogP) is 3.75. The first kappa shape index (κ1) is 23.8. The van der Waals surface area contributed by atoms with Crippen LogP contribution in [-0.4, -0.2) is 51.6 Å². The van der Waals surface area contributed by atoms with Crippen molar-refractivity contribution in [1.29, 1.82) is 0 Å². The van der Waals surface area contributed by atoms with E-state index in [2.05, 4.69) is 5.32 Å². The van der Waals surface area contributed by atoms with Crippen LogP contribution in [0.15, 0.2) is 47.4 Å². The molecule has 2 aromatic carbocycles. The molecule has 0 aromatic heterocycles. The van der Waals surface area contributed by atoms with Gasteiger partial charge in [0.25, 0.3) is 15.9 Å². The quantitative estimate of drug-likeness (QED) is 0.568. The third-order valence-electron chi connectivity index (χ3n) is 5.98. The molecule has 0 radical (unpaired) electrons. The Morgan fingerprint density at radius 2 is 1.91 bits per heavy atom. The van der Waals surface area contributed by atoms with Crippen molar-refractivity contribution in [3.63, 3.8) is 0 Å². The van der Waals surface area contributed by atoms with Crippen LogP contribution in [0.3, 0.4) is 0 Å². The van der Waals surface area contributed by atoms with Gasteiger partial charge in [0, 0.05) is 17.5 Å². The molecule has 1 atom stereocenters. The summed E-state index contributed by atoms with van der Waals surface area (Å²) in [6, 6.07) is 11.5. The zero-order valence-corrected chi connectivity index (χ0v) is 20.6. The summed E-state index contributed by atoms with van der Waals surface area (Å²) in [6.07, 6.45) is 4.15. The first-order valence-corrected chi connectivity index (χ1v) is 13.7. The number of carbonyl (C=O) groups excluding carboxylic acids is 1. The Kier molecular flexibility index (Phi) is 7.38. The molecule has 1 saturated carbocycles. The minimum Gasteiger partial charge on any atom is -0.497 e. The van der Waals surface area contributed by atoms with E-state index < -0.39 is 16.1 Å². The molecule has 0 bridgehead atoms. The highest BCUT2D eigenvalue weighted by molar-refractivity contribution is 7.99. The molecule has 0 spiro atoms. The van der Waals surface area contributed by atoms with Crippen LogP contribution in [0.2, 0.25) is 0 Å². The number of ether oxygens (including phenoxy) is 2. The van der Waals surface area contributed by atoms with E-state index in [9.17, 15) is 13.2 Å². The molecule has 1 unspecified atom stereocenters. The molecule has 1 aliphatic heterocycles. The van der Waals surface area contributed by atoms with E-state index in [0.717, 1.165) is 11.3 Å². The van der Waals surface area contributed by atoms with Crippen LogP contribution in [-0.2, 0) is 14.8 Å². The van der Waals surface area contributed by atoms with Gasteiger partial charge in [0.15, 0.2) is 6.10 Å². The van der Waals surface area contributed by atoms with Gasteiger partial charge in [-0.05, 0) is 61.7 Å². The Balaban J connectivity index is 1.50. The number of nitrogens with one attached hydrogen (secondary N) is 1. The third kappa shape index (κ3) is 5.41. The maximum absolute atomic E-state index is 13.5. The van der Waals surface area contributed by atoms with Crippen molar-refractivity contribution < 1.29 is 22.7 Å². The van der Waals surface area contributed by atoms with Gasteiger partial charge in [-0.15, -0.1) is 0 Å². The smallest absolute Gasteiger partial charge is 0.264 e. The maximum atomic E-state index is 13.5. The predicted molar refractivity (Wildman–Crippen MR) is 131 cm³/mol. The van der Waals surface area contributed by atoms with Gasteiger partial charge in [0.2, 0.25) is 0 Å². The highest BCUT2D eigenvalue weighted by Gasteiger charge is 2.37. The van der Waals surface area contributed by atoms with Gasteiger partial charge in [-0.25, -0.2) is 8.42 Å². The summed E-state index contributed by atoms with van der Waals surface area (Å²) >= 11 is 1.90. The molecule has 1 fully saturated rings. The molecule has 0 saturated heterocycles. The number of aryl methyl sites for hydroxylation is 1. The summed E-state index contributed by atoms with van der Waals surface area (Å²) in [5.74, 6) is 1.50. The lowest BCUT2D eigenvalue weighted by atomic mass is 10.1. The second-order valence-electron chi connectivity index (χ2n) is 8.36. The molecule has 33 heavy (non-hydrogen) atoms. The highest BCUT2D eigenvalue weighted by atomic mass is 32.2. The normalized spacial score (nSPS) is 18.5. The Labute approximate surface area is 199 Å². The van der Waals surface area contributed by atoms with Crippen molar-refractivity contribution in [2.45, 2.75) is 48.9 Å². The lowest BCUT2D eigenvalue weighted by Crippen LogP contribution is -2.51. The third-order valence-corrected chi connectivity index (χ3v) is 9.16. The van der Waals surface area contributed by atoms with Gasteiger partial charge in [-0.3, -0.25) is 9.10 Å². The molecule has 7 nitrogen and oxygen atoms in total. The molecule has 9 heteroatoms. The van der Waals surface area contributed by atoms with Crippen molar-refractivity contribution >= 4 is 33.4 Å². The van der Waals surface area contributed by atoms with Gasteiger partial charge in [0.05, 0.1) is 24.2 Å². The number of nitrogens with zero attached hydrogens (tertiary/aromatic N) is 1. The van der Waals surface area contributed by atoms with Crippen molar-refractivity contribution in [2.24, 2.45) is 0 Å². The number of anilines is 1. The van der Waals surface area contributed by atoms with E-state index >= 15 is 0 Å². The number of rotatable bonds is 8. The summed E-state index contributed by atoms with van der Waals surface area (Å²) < 4.78 is 39.4. The van der Waals surface area contributed by atoms with Crippen LogP contribution in [0, 0.1) is 6.92 Å². The molecule has 1 aliphatic carbocycles. The molecular weight excluding hydrogens is 460 g/mol. The molecule has 1 amide bonds. The Morgan fingerprint density at radius 3 is 2.61 bits per heavy atom. The van der Waals surface area contributed by atoms with Gasteiger partial charge in [-0.2, -0.15) is 11.8 Å². The van der Waals surface area contributed by atoms with Gasteiger partial charge < -0.3 is 14.8 Å². The van der Waals surface area contributed by atoms with Crippen LogP contribution < -0.4 is 19.1 Å². The monoisotopic (exact) mass is 490 g/mol. The van der Waals surface area contributed by atoms with E-state index in [1.165, 1.54) is 49.2 Å². The van der Waals surface area contributed by atoms with E-state index in [4.69, 9.17) is 9.47 Å². The first-order chi connectivity index (χ1) is 15.9. The second-order valence-corrected chi connectivity index (χ2v) is 11.6. The van der Waals surface area contributed by atoms with E-state index in [1.807, 2.05) is 24.8 Å². The van der Waals surface area contributed by atoms with Crippen LogP contribution in [0.4, 0.5) is 5.69 Å². The number of amides is 1. The largest absolute Gasteiger partial charge is 0.497 e. The van der Waals surface area contributed by atoms with Crippen molar-refractivity contribution in [3.8, 4) is 11.5 Å². The molecular formula is C24H30N2O5S2. The fourth-order valence-electron chi connectivity index (χ4n) is 4.17. The number of methoxy groups -OCH3 is 1. The fraction of sp³-hybridized carbons (Fsp3) is 0.458. The second kappa shape index (κ2) is 10.3. The van der Waals surface area contributed by atoms with E-state index in [-0.39, 0.29) is 17.3 Å². The van der Waals surface area contributed by atoms with E-state index in [1.54, 1.807) is 24.3 Å². The number of hydrogen-bond donors (Lipinski definition) is 1. The standard InChI is InChI=1S/C24H30N2O5S2/c1-17-7-12-21-22(15-17)31-23(24(27)25-13-14-32-19-5-3-4-6-19)16-26(21)33(28,29)20-10-8-18(30-2)9-11-20/h7-12,15,19,23H,3-6,13-14,16H2,1-2H3,(H,25,27). The van der Waals surface area contributed by atoms with Crippen molar-refractivity contribution in [3.05, 3.63) is 48.0 Å². The Bertz CT molecular complexity index is 1080. The van der Waals surface area contributed by atoms with Crippen molar-refractivity contribution in [2.75, 3.05) is 30.3 Å². The molecule has 2 aromatic rings. The Morgan fingerprint density at radius 1 is 1.18 bits per heavy atom. The summed E-state index contributed by atoms with van der Waals surface area (Å²) in [6.45, 7) is 2.34. The van der Waals surface area contributed by atoms with Crippen molar-refractivity contribution in [1.82, 2.24) is 5.32 Å². The van der Waals surface area contributed by atoms with Gasteiger partial charge in [-0.1, -0.05) is 18.9 Å². The number of fused-ring (bicyclic) bond motifs is 1.